The van der Waals surface area contributed by atoms with Crippen LogP contribution >= 0.6 is 0 Å². The van der Waals surface area contributed by atoms with E-state index in [0.29, 0.717) is 0 Å². The van der Waals surface area contributed by atoms with E-state index >= 15 is 0 Å². The van der Waals surface area contributed by atoms with Crippen molar-refractivity contribution in [2.75, 3.05) is 0 Å². The maximum absolute atomic E-state index is 9.44. The average molecular weight is 146 g/mol. The summed E-state index contributed by atoms with van der Waals surface area (Å²) in [6.45, 7) is 3.06. The van der Waals surface area contributed by atoms with Crippen LogP contribution in [0, 0.1) is 10.3 Å². The number of nitrogens with one attached hydrogen (secondary N) is 2. The predicted octanol–water partition coefficient (Wildman–Crippen LogP) is -0.254. The molecule has 0 rings (SSSR count). The SMILES string of the molecule is CC(C)=O.N=C(N)NN=O. The predicted molar refractivity (Wildman–Crippen MR) is 37.2 cm³/mol. The lowest BCUT2D eigenvalue weighted by atomic mass is 10.6. The number of rotatable bonds is 1. The minimum Gasteiger partial charge on any atom is -0.369 e. The van der Waals surface area contributed by atoms with E-state index in [1.165, 1.54) is 13.8 Å². The summed E-state index contributed by atoms with van der Waals surface area (Å²) in [5.74, 6) is -0.273. The van der Waals surface area contributed by atoms with Crippen LogP contribution in [0.2, 0.25) is 0 Å². The Morgan fingerprint density at radius 3 is 1.90 bits per heavy atom. The summed E-state index contributed by atoms with van der Waals surface area (Å²) in [4.78, 5) is 18.5. The molecule has 0 unspecified atom stereocenters. The van der Waals surface area contributed by atoms with Crippen LogP contribution in [0.4, 0.5) is 0 Å². The van der Waals surface area contributed by atoms with Gasteiger partial charge in [0.2, 0.25) is 5.96 Å². The van der Waals surface area contributed by atoms with Gasteiger partial charge in [0.15, 0.2) is 0 Å². The van der Waals surface area contributed by atoms with Gasteiger partial charge >= 0.3 is 0 Å². The quantitative estimate of drug-likeness (QED) is 0.205. The molecule has 0 aliphatic heterocycles. The van der Waals surface area contributed by atoms with Gasteiger partial charge < -0.3 is 10.5 Å². The van der Waals surface area contributed by atoms with Crippen molar-refractivity contribution < 1.29 is 4.79 Å². The fourth-order valence-electron chi connectivity index (χ4n) is 0.0492. The fraction of sp³-hybridized carbons (Fsp3) is 0.500. The second-order valence-electron chi connectivity index (χ2n) is 1.53. The van der Waals surface area contributed by atoms with Crippen molar-refractivity contribution in [2.45, 2.75) is 13.8 Å². The highest BCUT2D eigenvalue weighted by atomic mass is 16.3. The van der Waals surface area contributed by atoms with Crippen molar-refractivity contribution in [3.63, 3.8) is 0 Å². The highest BCUT2D eigenvalue weighted by Gasteiger charge is 1.74. The molecule has 0 heterocycles. The number of carbonyl (C=O) groups is 1. The fourth-order valence-corrected chi connectivity index (χ4v) is 0.0492. The third-order valence-electron chi connectivity index (χ3n) is 0.166. The molecule has 0 aromatic heterocycles. The van der Waals surface area contributed by atoms with Crippen LogP contribution < -0.4 is 11.2 Å². The summed E-state index contributed by atoms with van der Waals surface area (Å²) in [5, 5.41) is 8.35. The lowest BCUT2D eigenvalue weighted by molar-refractivity contribution is -0.114. The molecule has 0 aromatic rings. The maximum atomic E-state index is 9.44. The first kappa shape index (κ1) is 11.4. The summed E-state index contributed by atoms with van der Waals surface area (Å²) in [6, 6.07) is 0. The summed E-state index contributed by atoms with van der Waals surface area (Å²) < 4.78 is 0. The summed E-state index contributed by atoms with van der Waals surface area (Å²) >= 11 is 0. The van der Waals surface area contributed by atoms with Crippen molar-refractivity contribution >= 4 is 11.7 Å². The first-order chi connectivity index (χ1) is 4.50. The van der Waals surface area contributed by atoms with Gasteiger partial charge in [-0.15, -0.1) is 4.91 Å². The Hall–Kier alpha value is -1.46. The lowest BCUT2D eigenvalue weighted by Gasteiger charge is -1.82. The highest BCUT2D eigenvalue weighted by molar-refractivity contribution is 5.73. The van der Waals surface area contributed by atoms with Crippen molar-refractivity contribution in [3.05, 3.63) is 4.91 Å². The minimum atomic E-state index is -0.440. The van der Waals surface area contributed by atoms with Crippen LogP contribution in [0.5, 0.6) is 0 Å². The van der Waals surface area contributed by atoms with Gasteiger partial charge in [0, 0.05) is 0 Å². The van der Waals surface area contributed by atoms with E-state index < -0.39 is 5.96 Å². The van der Waals surface area contributed by atoms with E-state index in [-0.39, 0.29) is 5.78 Å². The van der Waals surface area contributed by atoms with Gasteiger partial charge in [-0.1, -0.05) is 0 Å². The van der Waals surface area contributed by atoms with Crippen molar-refractivity contribution in [1.29, 1.82) is 5.41 Å². The van der Waals surface area contributed by atoms with Crippen LogP contribution in [0.25, 0.3) is 0 Å². The molecule has 10 heavy (non-hydrogen) atoms. The summed E-state index contributed by atoms with van der Waals surface area (Å²) in [5.41, 5.74) is 6.22. The number of hydrogen-bond acceptors (Lipinski definition) is 4. The zero-order valence-corrected chi connectivity index (χ0v) is 5.84. The Balaban J connectivity index is 0. The summed E-state index contributed by atoms with van der Waals surface area (Å²) in [6.07, 6.45) is 0. The van der Waals surface area contributed by atoms with E-state index in [1.807, 2.05) is 0 Å². The molecule has 0 atom stereocenters. The van der Waals surface area contributed by atoms with Gasteiger partial charge in [0.25, 0.3) is 0 Å². The van der Waals surface area contributed by atoms with Crippen LogP contribution in [0.15, 0.2) is 5.29 Å². The smallest absolute Gasteiger partial charge is 0.209 e. The minimum absolute atomic E-state index is 0.167. The van der Waals surface area contributed by atoms with E-state index in [4.69, 9.17) is 10.3 Å². The Morgan fingerprint density at radius 1 is 1.60 bits per heavy atom. The second kappa shape index (κ2) is 7.54. The van der Waals surface area contributed by atoms with E-state index in [2.05, 4.69) is 11.0 Å². The van der Waals surface area contributed by atoms with E-state index in [9.17, 15) is 4.79 Å². The molecule has 4 N–H and O–H groups in total. The third kappa shape index (κ3) is 84.6. The monoisotopic (exact) mass is 146 g/mol. The van der Waals surface area contributed by atoms with Crippen molar-refractivity contribution in [1.82, 2.24) is 5.43 Å². The van der Waals surface area contributed by atoms with Crippen molar-refractivity contribution in [3.8, 4) is 0 Å². The molecule has 0 radical (unpaired) electrons. The molecule has 0 aliphatic rings. The van der Waals surface area contributed by atoms with Crippen LogP contribution in [-0.2, 0) is 4.79 Å². The molecule has 6 nitrogen and oxygen atoms in total. The van der Waals surface area contributed by atoms with Gasteiger partial charge in [-0.25, -0.2) is 5.43 Å². The number of hydrogen-bond donors (Lipinski definition) is 3. The molecular formula is C4H10N4O2. The Kier molecular flexibility index (Phi) is 8.56. The molecule has 58 valence electrons. The highest BCUT2D eigenvalue weighted by Crippen LogP contribution is 1.50. The zero-order valence-electron chi connectivity index (χ0n) is 5.84. The molecule has 0 aromatic carbocycles. The van der Waals surface area contributed by atoms with Gasteiger partial charge in [-0.05, 0) is 13.8 Å². The van der Waals surface area contributed by atoms with Crippen LogP contribution in [0.1, 0.15) is 13.8 Å². The van der Waals surface area contributed by atoms with Gasteiger partial charge in [0.1, 0.15) is 5.78 Å². The van der Waals surface area contributed by atoms with Gasteiger partial charge in [-0.2, -0.15) is 0 Å². The molecule has 6 heteroatoms. The van der Waals surface area contributed by atoms with Gasteiger partial charge in [-0.3, -0.25) is 5.41 Å². The molecule has 0 bridgehead atoms. The molecule has 0 spiro atoms. The zero-order chi connectivity index (χ0) is 8.57. The number of carbonyl (C=O) groups excluding carboxylic acids is 1. The van der Waals surface area contributed by atoms with Crippen molar-refractivity contribution in [2.24, 2.45) is 11.0 Å². The number of nitroso groups, excluding NO2 is 1. The summed E-state index contributed by atoms with van der Waals surface area (Å²) in [7, 11) is 0. The first-order valence-corrected chi connectivity index (χ1v) is 2.40. The molecule has 0 amide bonds. The Bertz CT molecular complexity index is 129. The largest absolute Gasteiger partial charge is 0.369 e. The number of nitrogens with two attached hydrogens (primary N) is 1. The number of nitrogens with zero attached hydrogens (tertiary/aromatic N) is 1. The molecular weight excluding hydrogens is 136 g/mol. The van der Waals surface area contributed by atoms with E-state index in [0.717, 1.165) is 0 Å². The number of Topliss-reactive ketones (excluding diaryl/α,β-unsaturated/α-hetero) is 1. The first-order valence-electron chi connectivity index (χ1n) is 2.40. The standard InChI is InChI=1S/C3H6O.CH4N4O/c1-3(2)4;2-1(3)4-5-6/h1-2H3;(H4,2,3,4,6). The normalized spacial score (nSPS) is 6.60. The Labute approximate surface area is 58.2 Å². The van der Waals surface area contributed by atoms with E-state index in [1.54, 1.807) is 5.43 Å². The molecule has 0 saturated heterocycles. The third-order valence-corrected chi connectivity index (χ3v) is 0.166. The number of guanidine groups is 1. The molecule has 0 saturated carbocycles. The van der Waals surface area contributed by atoms with Crippen LogP contribution in [0.3, 0.4) is 0 Å². The lowest BCUT2D eigenvalue weighted by Crippen LogP contribution is -2.24. The Morgan fingerprint density at radius 2 is 1.90 bits per heavy atom. The molecule has 0 aliphatic carbocycles. The topological polar surface area (TPSA) is 108 Å². The van der Waals surface area contributed by atoms with Crippen LogP contribution in [-0.4, -0.2) is 11.7 Å². The van der Waals surface area contributed by atoms with Gasteiger partial charge in [0.05, 0.1) is 5.29 Å². The maximum Gasteiger partial charge on any atom is 0.209 e. The number of ketones is 1. The second-order valence-corrected chi connectivity index (χ2v) is 1.53. The average Bonchev–Trinajstić information content (AvgIpc) is 1.62. The molecule has 0 fully saturated rings.